The molecule has 5 nitrogen and oxygen atoms in total. The molecule has 1 unspecified atom stereocenters. The molecule has 2 N–H and O–H groups in total. The van der Waals surface area contributed by atoms with Gasteiger partial charge < -0.3 is 15.5 Å². The molecule has 0 aromatic carbocycles. The van der Waals surface area contributed by atoms with Gasteiger partial charge in [-0.15, -0.1) is 12.4 Å². The monoisotopic (exact) mass is 305 g/mol. The van der Waals surface area contributed by atoms with E-state index in [1.165, 1.54) is 0 Å². The zero-order chi connectivity index (χ0) is 14.4. The first-order valence-electron chi connectivity index (χ1n) is 7.24. The van der Waals surface area contributed by atoms with Gasteiger partial charge in [-0.05, 0) is 19.8 Å². The molecule has 0 aromatic heterocycles. The summed E-state index contributed by atoms with van der Waals surface area (Å²) in [5, 5.41) is 0. The highest BCUT2D eigenvalue weighted by Crippen LogP contribution is 2.09. The molecule has 1 heterocycles. The van der Waals surface area contributed by atoms with Crippen LogP contribution in [0, 0.1) is 5.92 Å². The predicted molar refractivity (Wildman–Crippen MR) is 82.7 cm³/mol. The van der Waals surface area contributed by atoms with Gasteiger partial charge in [0.05, 0.1) is 0 Å². The molecule has 1 atom stereocenters. The average Bonchev–Trinajstić information content (AvgIpc) is 2.60. The van der Waals surface area contributed by atoms with Crippen LogP contribution < -0.4 is 5.73 Å². The summed E-state index contributed by atoms with van der Waals surface area (Å²) in [7, 11) is 0. The van der Waals surface area contributed by atoms with Crippen molar-refractivity contribution in [3.8, 4) is 0 Å². The third-order valence-electron chi connectivity index (χ3n) is 3.47. The summed E-state index contributed by atoms with van der Waals surface area (Å²) >= 11 is 0. The topological polar surface area (TPSA) is 66.6 Å². The third-order valence-corrected chi connectivity index (χ3v) is 3.47. The highest BCUT2D eigenvalue weighted by molar-refractivity contribution is 5.85. The summed E-state index contributed by atoms with van der Waals surface area (Å²) in [6.07, 6.45) is 2.10. The first kappa shape index (κ1) is 19.2. The number of nitrogens with zero attached hydrogens (tertiary/aromatic N) is 2. The maximum Gasteiger partial charge on any atom is 0.225 e. The van der Waals surface area contributed by atoms with E-state index in [-0.39, 0.29) is 36.2 Å². The Labute approximate surface area is 128 Å². The van der Waals surface area contributed by atoms with Crippen molar-refractivity contribution in [1.82, 2.24) is 9.80 Å². The molecule has 20 heavy (non-hydrogen) atoms. The van der Waals surface area contributed by atoms with Crippen LogP contribution in [0.1, 0.15) is 40.0 Å². The Hall–Kier alpha value is -0.810. The van der Waals surface area contributed by atoms with Gasteiger partial charge in [-0.25, -0.2) is 0 Å². The Balaban J connectivity index is 0.00000361. The highest BCUT2D eigenvalue weighted by atomic mass is 35.5. The number of hydrogen-bond donors (Lipinski definition) is 1. The van der Waals surface area contributed by atoms with E-state index in [1.54, 1.807) is 0 Å². The maximum absolute atomic E-state index is 12.0. The Bertz CT molecular complexity index is 322. The van der Waals surface area contributed by atoms with E-state index in [0.29, 0.717) is 19.5 Å². The number of carbonyl (C=O) groups is 2. The SMILES string of the molecule is CC(N)CCC(=O)N1CCCN(C(=O)C(C)C)CC1.Cl. The van der Waals surface area contributed by atoms with Crippen molar-refractivity contribution in [2.24, 2.45) is 11.7 Å². The van der Waals surface area contributed by atoms with E-state index in [4.69, 9.17) is 5.73 Å². The van der Waals surface area contributed by atoms with E-state index >= 15 is 0 Å². The first-order valence-corrected chi connectivity index (χ1v) is 7.24. The predicted octanol–water partition coefficient (Wildman–Crippen LogP) is 1.25. The van der Waals surface area contributed by atoms with Crippen molar-refractivity contribution in [2.45, 2.75) is 46.1 Å². The summed E-state index contributed by atoms with van der Waals surface area (Å²) in [5.74, 6) is 0.376. The van der Waals surface area contributed by atoms with Crippen LogP contribution in [-0.4, -0.2) is 53.8 Å². The van der Waals surface area contributed by atoms with Crippen LogP contribution in [0.15, 0.2) is 0 Å². The highest BCUT2D eigenvalue weighted by Gasteiger charge is 2.23. The van der Waals surface area contributed by atoms with Gasteiger partial charge in [-0.2, -0.15) is 0 Å². The zero-order valence-electron chi connectivity index (χ0n) is 12.8. The van der Waals surface area contributed by atoms with Gasteiger partial charge in [0.1, 0.15) is 0 Å². The van der Waals surface area contributed by atoms with Crippen LogP contribution in [0.3, 0.4) is 0 Å². The minimum Gasteiger partial charge on any atom is -0.341 e. The van der Waals surface area contributed by atoms with Gasteiger partial charge in [0.15, 0.2) is 0 Å². The van der Waals surface area contributed by atoms with Gasteiger partial charge >= 0.3 is 0 Å². The van der Waals surface area contributed by atoms with Crippen molar-refractivity contribution in [3.05, 3.63) is 0 Å². The molecular weight excluding hydrogens is 278 g/mol. The lowest BCUT2D eigenvalue weighted by atomic mass is 10.2. The molecule has 2 amide bonds. The standard InChI is InChI=1S/C14H27N3O2.ClH/c1-11(2)14(19)17-8-4-7-16(9-10-17)13(18)6-5-12(3)15;/h11-12H,4-10,15H2,1-3H3;1H. The van der Waals surface area contributed by atoms with E-state index in [1.807, 2.05) is 30.6 Å². The molecule has 1 saturated heterocycles. The quantitative estimate of drug-likeness (QED) is 0.850. The fourth-order valence-electron chi connectivity index (χ4n) is 2.26. The second-order valence-corrected chi connectivity index (χ2v) is 5.73. The van der Waals surface area contributed by atoms with E-state index in [0.717, 1.165) is 25.9 Å². The summed E-state index contributed by atoms with van der Waals surface area (Å²) < 4.78 is 0. The molecular formula is C14H28ClN3O2. The largest absolute Gasteiger partial charge is 0.341 e. The lowest BCUT2D eigenvalue weighted by Crippen LogP contribution is -2.39. The third kappa shape index (κ3) is 6.09. The average molecular weight is 306 g/mol. The summed E-state index contributed by atoms with van der Waals surface area (Å²) in [6.45, 7) is 8.56. The molecule has 6 heteroatoms. The van der Waals surface area contributed by atoms with Crippen LogP contribution in [0.4, 0.5) is 0 Å². The van der Waals surface area contributed by atoms with Gasteiger partial charge in [-0.3, -0.25) is 9.59 Å². The van der Waals surface area contributed by atoms with Gasteiger partial charge in [-0.1, -0.05) is 13.8 Å². The Morgan fingerprint density at radius 3 is 2.15 bits per heavy atom. The summed E-state index contributed by atoms with van der Waals surface area (Å²) in [5.41, 5.74) is 5.67. The lowest BCUT2D eigenvalue weighted by Gasteiger charge is -2.23. The lowest BCUT2D eigenvalue weighted by molar-refractivity contribution is -0.135. The van der Waals surface area contributed by atoms with Gasteiger partial charge in [0, 0.05) is 44.6 Å². The summed E-state index contributed by atoms with van der Waals surface area (Å²) in [6, 6.07) is 0.0648. The maximum atomic E-state index is 12.0. The normalized spacial score (nSPS) is 17.4. The minimum absolute atomic E-state index is 0. The van der Waals surface area contributed by atoms with Crippen LogP contribution in [0.2, 0.25) is 0 Å². The number of rotatable bonds is 4. The number of halogens is 1. The zero-order valence-corrected chi connectivity index (χ0v) is 13.6. The molecule has 1 aliphatic rings. The second-order valence-electron chi connectivity index (χ2n) is 5.73. The van der Waals surface area contributed by atoms with Crippen LogP contribution in [-0.2, 0) is 9.59 Å². The van der Waals surface area contributed by atoms with Crippen molar-refractivity contribution in [2.75, 3.05) is 26.2 Å². The van der Waals surface area contributed by atoms with Crippen LogP contribution in [0.5, 0.6) is 0 Å². The van der Waals surface area contributed by atoms with Crippen LogP contribution >= 0.6 is 12.4 Å². The number of hydrogen-bond acceptors (Lipinski definition) is 3. The second kappa shape index (κ2) is 9.19. The molecule has 0 spiro atoms. The molecule has 0 saturated carbocycles. The number of nitrogens with two attached hydrogens (primary N) is 1. The van der Waals surface area contributed by atoms with Crippen molar-refractivity contribution in [1.29, 1.82) is 0 Å². The van der Waals surface area contributed by atoms with Crippen LogP contribution in [0.25, 0.3) is 0 Å². The van der Waals surface area contributed by atoms with Gasteiger partial charge in [0.2, 0.25) is 11.8 Å². The molecule has 1 fully saturated rings. The first-order chi connectivity index (χ1) is 8.91. The molecule has 118 valence electrons. The molecule has 1 rings (SSSR count). The Morgan fingerprint density at radius 2 is 1.60 bits per heavy atom. The minimum atomic E-state index is 0. The van der Waals surface area contributed by atoms with Crippen molar-refractivity contribution >= 4 is 24.2 Å². The summed E-state index contributed by atoms with van der Waals surface area (Å²) in [4.78, 5) is 27.7. The van der Waals surface area contributed by atoms with Crippen molar-refractivity contribution < 1.29 is 9.59 Å². The molecule has 0 aromatic rings. The Kier molecular flexibility index (Phi) is 8.81. The number of amides is 2. The number of carbonyl (C=O) groups excluding carboxylic acids is 2. The Morgan fingerprint density at radius 1 is 1.05 bits per heavy atom. The smallest absolute Gasteiger partial charge is 0.225 e. The molecule has 0 radical (unpaired) electrons. The van der Waals surface area contributed by atoms with E-state index in [9.17, 15) is 9.59 Å². The van der Waals surface area contributed by atoms with E-state index < -0.39 is 0 Å². The van der Waals surface area contributed by atoms with Gasteiger partial charge in [0.25, 0.3) is 0 Å². The fourth-order valence-corrected chi connectivity index (χ4v) is 2.26. The fraction of sp³-hybridized carbons (Fsp3) is 0.857. The molecule has 1 aliphatic heterocycles. The van der Waals surface area contributed by atoms with E-state index in [2.05, 4.69) is 0 Å². The molecule has 0 bridgehead atoms. The molecule has 0 aliphatic carbocycles. The van der Waals surface area contributed by atoms with Crippen molar-refractivity contribution in [3.63, 3.8) is 0 Å².